The topological polar surface area (TPSA) is 46.8 Å². The van der Waals surface area contributed by atoms with Gasteiger partial charge in [-0.25, -0.2) is 4.98 Å². The van der Waals surface area contributed by atoms with Gasteiger partial charge in [0.15, 0.2) is 0 Å². The summed E-state index contributed by atoms with van der Waals surface area (Å²) in [7, 11) is 0. The Morgan fingerprint density at radius 2 is 1.92 bits per heavy atom. The monoisotopic (exact) mass is 324 g/mol. The minimum Gasteiger partial charge on any atom is -0.494 e. The minimum atomic E-state index is -0.548. The molecule has 0 fully saturated rings. The normalized spacial score (nSPS) is 12.5. The second-order valence-corrected chi connectivity index (χ2v) is 6.03. The molecule has 1 unspecified atom stereocenters. The molecule has 2 aromatic heterocycles. The molecule has 1 atom stereocenters. The van der Waals surface area contributed by atoms with Gasteiger partial charge >= 0.3 is 0 Å². The summed E-state index contributed by atoms with van der Waals surface area (Å²) in [6.07, 6.45) is 3.05. The number of hydrogen-bond acceptors (Lipinski definition) is 3. The van der Waals surface area contributed by atoms with Crippen molar-refractivity contribution in [2.24, 2.45) is 0 Å². The number of hydrogen-bond donors (Lipinski definition) is 1. The number of pyridine rings is 1. The van der Waals surface area contributed by atoms with Gasteiger partial charge in [0.05, 0.1) is 24.1 Å². The molecule has 0 saturated heterocycles. The summed E-state index contributed by atoms with van der Waals surface area (Å²) in [4.78, 5) is 4.81. The number of ether oxygens (including phenoxy) is 1. The van der Waals surface area contributed by atoms with Crippen LogP contribution in [-0.2, 0) is 0 Å². The number of fused-ring (bicyclic) bond motifs is 1. The SMILES string of the molecule is CCCOc1ccc(-c2nc3c(C)cccn3c2C(O)CC)cc1. The van der Waals surface area contributed by atoms with Crippen LogP contribution in [0, 0.1) is 6.92 Å². The van der Waals surface area contributed by atoms with Gasteiger partial charge in [0.25, 0.3) is 0 Å². The maximum Gasteiger partial charge on any atom is 0.140 e. The van der Waals surface area contributed by atoms with Gasteiger partial charge < -0.3 is 14.2 Å². The molecule has 0 aliphatic heterocycles. The number of aliphatic hydroxyl groups is 1. The van der Waals surface area contributed by atoms with Crippen molar-refractivity contribution in [1.82, 2.24) is 9.38 Å². The maximum absolute atomic E-state index is 10.5. The molecule has 0 aliphatic carbocycles. The summed E-state index contributed by atoms with van der Waals surface area (Å²) >= 11 is 0. The predicted octanol–water partition coefficient (Wildman–Crippen LogP) is 4.54. The first-order valence-corrected chi connectivity index (χ1v) is 8.54. The van der Waals surface area contributed by atoms with E-state index in [1.807, 2.05) is 60.8 Å². The third kappa shape index (κ3) is 3.02. The molecule has 3 aromatic rings. The van der Waals surface area contributed by atoms with Crippen LogP contribution in [0.4, 0.5) is 0 Å². The second kappa shape index (κ2) is 7.05. The first kappa shape index (κ1) is 16.5. The average molecular weight is 324 g/mol. The van der Waals surface area contributed by atoms with Gasteiger partial charge in [-0.3, -0.25) is 0 Å². The number of rotatable bonds is 6. The van der Waals surface area contributed by atoms with Crippen LogP contribution in [0.1, 0.15) is 44.1 Å². The molecule has 0 aliphatic rings. The van der Waals surface area contributed by atoms with E-state index in [4.69, 9.17) is 9.72 Å². The van der Waals surface area contributed by atoms with Crippen molar-refractivity contribution in [3.63, 3.8) is 0 Å². The lowest BCUT2D eigenvalue weighted by Gasteiger charge is -2.11. The summed E-state index contributed by atoms with van der Waals surface area (Å²) in [6.45, 7) is 6.82. The van der Waals surface area contributed by atoms with Gasteiger partial charge in [-0.05, 0) is 55.7 Å². The molecule has 4 heteroatoms. The van der Waals surface area contributed by atoms with Gasteiger partial charge in [0.2, 0.25) is 0 Å². The standard InChI is InChI=1S/C20H24N2O2/c1-4-13-24-16-10-8-15(9-11-16)18-19(17(23)5-2)22-12-6-7-14(3)20(22)21-18/h6-12,17,23H,4-5,13H2,1-3H3. The number of aryl methyl sites for hydroxylation is 1. The molecule has 1 aromatic carbocycles. The molecule has 2 heterocycles. The number of benzene rings is 1. The van der Waals surface area contributed by atoms with E-state index in [1.54, 1.807) is 0 Å². The summed E-state index contributed by atoms with van der Waals surface area (Å²) in [6, 6.07) is 12.0. The predicted molar refractivity (Wildman–Crippen MR) is 96.4 cm³/mol. The van der Waals surface area contributed by atoms with Crippen molar-refractivity contribution in [2.45, 2.75) is 39.7 Å². The van der Waals surface area contributed by atoms with Crippen LogP contribution >= 0.6 is 0 Å². The maximum atomic E-state index is 10.5. The van der Waals surface area contributed by atoms with Crippen LogP contribution in [0.15, 0.2) is 42.6 Å². The van der Waals surface area contributed by atoms with E-state index in [9.17, 15) is 5.11 Å². The lowest BCUT2D eigenvalue weighted by atomic mass is 10.1. The third-order valence-electron chi connectivity index (χ3n) is 4.19. The van der Waals surface area contributed by atoms with Crippen LogP contribution in [0.2, 0.25) is 0 Å². The minimum absolute atomic E-state index is 0.548. The highest BCUT2D eigenvalue weighted by molar-refractivity contribution is 5.69. The second-order valence-electron chi connectivity index (χ2n) is 6.03. The summed E-state index contributed by atoms with van der Waals surface area (Å²) < 4.78 is 7.65. The molecule has 0 saturated carbocycles. The fourth-order valence-electron chi connectivity index (χ4n) is 2.88. The van der Waals surface area contributed by atoms with Crippen LogP contribution in [0.5, 0.6) is 5.75 Å². The average Bonchev–Trinajstić information content (AvgIpc) is 3.00. The van der Waals surface area contributed by atoms with E-state index in [0.29, 0.717) is 13.0 Å². The fourth-order valence-corrected chi connectivity index (χ4v) is 2.88. The fraction of sp³-hybridized carbons (Fsp3) is 0.350. The van der Waals surface area contributed by atoms with Crippen LogP contribution in [-0.4, -0.2) is 21.1 Å². The molecular weight excluding hydrogens is 300 g/mol. The molecule has 3 rings (SSSR count). The van der Waals surface area contributed by atoms with Crippen molar-refractivity contribution in [3.05, 3.63) is 53.9 Å². The largest absolute Gasteiger partial charge is 0.494 e. The van der Waals surface area contributed by atoms with Gasteiger partial charge in [-0.15, -0.1) is 0 Å². The molecule has 4 nitrogen and oxygen atoms in total. The quantitative estimate of drug-likeness (QED) is 0.724. The molecule has 0 radical (unpaired) electrons. The van der Waals surface area contributed by atoms with E-state index >= 15 is 0 Å². The van der Waals surface area contributed by atoms with Crippen molar-refractivity contribution in [3.8, 4) is 17.0 Å². The van der Waals surface area contributed by atoms with Gasteiger partial charge in [0.1, 0.15) is 11.4 Å². The molecule has 0 amide bonds. The Bertz CT molecular complexity index is 822. The molecular formula is C20H24N2O2. The number of imidazole rings is 1. The van der Waals surface area contributed by atoms with Crippen LogP contribution < -0.4 is 4.74 Å². The lowest BCUT2D eigenvalue weighted by molar-refractivity contribution is 0.168. The van der Waals surface area contributed by atoms with E-state index in [0.717, 1.165) is 40.3 Å². The van der Waals surface area contributed by atoms with Crippen LogP contribution in [0.3, 0.4) is 0 Å². The van der Waals surface area contributed by atoms with Gasteiger partial charge in [0, 0.05) is 11.8 Å². The van der Waals surface area contributed by atoms with Crippen LogP contribution in [0.25, 0.3) is 16.9 Å². The Balaban J connectivity index is 2.09. The zero-order chi connectivity index (χ0) is 17.1. The molecule has 0 spiro atoms. The molecule has 0 bridgehead atoms. The highest BCUT2D eigenvalue weighted by Gasteiger charge is 2.20. The highest BCUT2D eigenvalue weighted by atomic mass is 16.5. The zero-order valence-corrected chi connectivity index (χ0v) is 14.5. The third-order valence-corrected chi connectivity index (χ3v) is 4.19. The molecule has 126 valence electrons. The summed E-state index contributed by atoms with van der Waals surface area (Å²) in [5.74, 6) is 0.859. The summed E-state index contributed by atoms with van der Waals surface area (Å²) in [5, 5.41) is 10.5. The number of nitrogens with zero attached hydrogens (tertiary/aromatic N) is 2. The van der Waals surface area contributed by atoms with E-state index < -0.39 is 6.10 Å². The van der Waals surface area contributed by atoms with Crippen molar-refractivity contribution < 1.29 is 9.84 Å². The lowest BCUT2D eigenvalue weighted by Crippen LogP contribution is -2.02. The zero-order valence-electron chi connectivity index (χ0n) is 14.5. The number of aromatic nitrogens is 2. The Morgan fingerprint density at radius 1 is 1.17 bits per heavy atom. The summed E-state index contributed by atoms with van der Waals surface area (Å²) in [5.41, 5.74) is 4.65. The van der Waals surface area contributed by atoms with E-state index in [-0.39, 0.29) is 0 Å². The number of aliphatic hydroxyl groups excluding tert-OH is 1. The molecule has 1 N–H and O–H groups in total. The van der Waals surface area contributed by atoms with Crippen molar-refractivity contribution in [1.29, 1.82) is 0 Å². The van der Waals surface area contributed by atoms with E-state index in [2.05, 4.69) is 6.92 Å². The van der Waals surface area contributed by atoms with E-state index in [1.165, 1.54) is 0 Å². The van der Waals surface area contributed by atoms with Gasteiger partial charge in [-0.2, -0.15) is 0 Å². The van der Waals surface area contributed by atoms with Crippen molar-refractivity contribution >= 4 is 5.65 Å². The van der Waals surface area contributed by atoms with Gasteiger partial charge in [-0.1, -0.05) is 19.9 Å². The first-order valence-electron chi connectivity index (χ1n) is 8.54. The molecule has 24 heavy (non-hydrogen) atoms. The highest BCUT2D eigenvalue weighted by Crippen LogP contribution is 2.32. The Hall–Kier alpha value is -2.33. The first-order chi connectivity index (χ1) is 11.7. The Kier molecular flexibility index (Phi) is 4.86. The smallest absolute Gasteiger partial charge is 0.140 e. The Morgan fingerprint density at radius 3 is 2.58 bits per heavy atom. The Labute approximate surface area is 142 Å². The van der Waals surface area contributed by atoms with Crippen molar-refractivity contribution in [2.75, 3.05) is 6.61 Å².